The molecule has 0 saturated heterocycles. The molecule has 0 aliphatic heterocycles. The third-order valence-electron chi connectivity index (χ3n) is 1.66. The molecule has 100 valence electrons. The molecule has 0 aromatic rings. The third kappa shape index (κ3) is 13.0. The van der Waals surface area contributed by atoms with Crippen LogP contribution in [-0.4, -0.2) is 69.1 Å². The maximum absolute atomic E-state index is 8.93. The fourth-order valence-electron chi connectivity index (χ4n) is 0.862. The second kappa shape index (κ2) is 13.2. The topological polar surface area (TPSA) is 117 Å². The van der Waals surface area contributed by atoms with Crippen molar-refractivity contribution < 1.29 is 24.4 Å². The number of aliphatic hydroxyl groups is 2. The first-order valence-electron chi connectivity index (χ1n) is 5.34. The average molecular weight is 249 g/mol. The minimum Gasteiger partial charge on any atom is -0.394 e. The molecule has 0 bridgehead atoms. The molecule has 0 fully saturated rings. The highest BCUT2D eigenvalue weighted by Gasteiger charge is 2.00. The van der Waals surface area contributed by atoms with Crippen molar-refractivity contribution in [3.63, 3.8) is 0 Å². The van der Waals surface area contributed by atoms with E-state index >= 15 is 0 Å². The van der Waals surface area contributed by atoms with Crippen LogP contribution in [0.4, 0.5) is 0 Å². The Morgan fingerprint density at radius 3 is 2.24 bits per heavy atom. The maximum Gasteiger partial charge on any atom is 0.100 e. The van der Waals surface area contributed by atoms with Gasteiger partial charge in [0, 0.05) is 11.5 Å². The molecule has 8 nitrogen and oxygen atoms in total. The molecule has 0 aliphatic rings. The first-order chi connectivity index (χ1) is 8.31. The van der Waals surface area contributed by atoms with Gasteiger partial charge in [-0.1, -0.05) is 5.11 Å². The monoisotopic (exact) mass is 249 g/mol. The van der Waals surface area contributed by atoms with E-state index in [4.69, 9.17) is 30.0 Å². The van der Waals surface area contributed by atoms with Crippen molar-refractivity contribution in [2.24, 2.45) is 5.11 Å². The Balaban J connectivity index is 3.01. The van der Waals surface area contributed by atoms with E-state index in [2.05, 4.69) is 10.0 Å². The normalized spacial score (nSPS) is 12.1. The standard InChI is InChI=1S/C9H19N3O5/c10-12-11-1-2-15-3-4-16-5-6-17-8-9(14)7-13/h9,13-14H,1-8H2. The summed E-state index contributed by atoms with van der Waals surface area (Å²) in [6, 6.07) is 0. The van der Waals surface area contributed by atoms with Crippen molar-refractivity contribution >= 4 is 0 Å². The Bertz CT molecular complexity index is 211. The van der Waals surface area contributed by atoms with Gasteiger partial charge >= 0.3 is 0 Å². The van der Waals surface area contributed by atoms with Crippen molar-refractivity contribution in [3.05, 3.63) is 10.4 Å². The zero-order valence-electron chi connectivity index (χ0n) is 9.70. The van der Waals surface area contributed by atoms with Crippen LogP contribution in [0.1, 0.15) is 0 Å². The van der Waals surface area contributed by atoms with Crippen LogP contribution in [0.3, 0.4) is 0 Å². The Hall–Kier alpha value is -0.890. The Morgan fingerprint density at radius 2 is 1.65 bits per heavy atom. The molecule has 17 heavy (non-hydrogen) atoms. The van der Waals surface area contributed by atoms with E-state index in [1.165, 1.54) is 0 Å². The zero-order valence-corrected chi connectivity index (χ0v) is 9.70. The lowest BCUT2D eigenvalue weighted by atomic mass is 10.4. The largest absolute Gasteiger partial charge is 0.394 e. The summed E-state index contributed by atoms with van der Waals surface area (Å²) in [4.78, 5) is 2.58. The lowest BCUT2D eigenvalue weighted by Crippen LogP contribution is -2.21. The van der Waals surface area contributed by atoms with Gasteiger partial charge in [-0.2, -0.15) is 0 Å². The highest BCUT2D eigenvalue weighted by Crippen LogP contribution is 1.85. The summed E-state index contributed by atoms with van der Waals surface area (Å²) in [7, 11) is 0. The Morgan fingerprint density at radius 1 is 1.06 bits per heavy atom. The first-order valence-corrected chi connectivity index (χ1v) is 5.34. The predicted molar refractivity (Wildman–Crippen MR) is 59.6 cm³/mol. The average Bonchev–Trinajstić information content (AvgIpc) is 2.35. The summed E-state index contributed by atoms with van der Waals surface area (Å²) in [5, 5.41) is 20.7. The van der Waals surface area contributed by atoms with E-state index in [0.29, 0.717) is 39.6 Å². The molecular formula is C9H19N3O5. The SMILES string of the molecule is [N-]=[N+]=NCCOCCOCCOCC(O)CO. The molecule has 1 unspecified atom stereocenters. The minimum atomic E-state index is -0.834. The van der Waals surface area contributed by atoms with Crippen molar-refractivity contribution in [2.45, 2.75) is 6.10 Å². The predicted octanol–water partition coefficient (Wildman–Crippen LogP) is -0.300. The number of nitrogens with zero attached hydrogens (tertiary/aromatic N) is 3. The van der Waals surface area contributed by atoms with Gasteiger partial charge in [-0.25, -0.2) is 0 Å². The van der Waals surface area contributed by atoms with Gasteiger partial charge in [0.25, 0.3) is 0 Å². The molecule has 0 rings (SSSR count). The highest BCUT2D eigenvalue weighted by molar-refractivity contribution is 4.48. The van der Waals surface area contributed by atoms with Crippen LogP contribution < -0.4 is 0 Å². The maximum atomic E-state index is 8.93. The molecule has 0 radical (unpaired) electrons. The van der Waals surface area contributed by atoms with Crippen molar-refractivity contribution in [1.29, 1.82) is 0 Å². The van der Waals surface area contributed by atoms with E-state index in [0.717, 1.165) is 0 Å². The molecule has 2 N–H and O–H groups in total. The third-order valence-corrected chi connectivity index (χ3v) is 1.66. The summed E-state index contributed by atoms with van der Waals surface area (Å²) in [6.07, 6.45) is -0.834. The lowest BCUT2D eigenvalue weighted by Gasteiger charge is -2.08. The van der Waals surface area contributed by atoms with Crippen LogP contribution in [0.15, 0.2) is 5.11 Å². The minimum absolute atomic E-state index is 0.0997. The number of ether oxygens (including phenoxy) is 3. The molecular weight excluding hydrogens is 230 g/mol. The lowest BCUT2D eigenvalue weighted by molar-refractivity contribution is -0.0224. The van der Waals surface area contributed by atoms with E-state index < -0.39 is 6.10 Å². The quantitative estimate of drug-likeness (QED) is 0.213. The Kier molecular flexibility index (Phi) is 12.5. The second-order valence-corrected chi connectivity index (χ2v) is 3.09. The molecule has 0 aromatic heterocycles. The number of azide groups is 1. The van der Waals surface area contributed by atoms with Gasteiger partial charge in [0.2, 0.25) is 0 Å². The fraction of sp³-hybridized carbons (Fsp3) is 1.00. The fourth-order valence-corrected chi connectivity index (χ4v) is 0.862. The molecule has 0 heterocycles. The van der Waals surface area contributed by atoms with Crippen LogP contribution in [-0.2, 0) is 14.2 Å². The van der Waals surface area contributed by atoms with Gasteiger partial charge in [0.15, 0.2) is 0 Å². The van der Waals surface area contributed by atoms with E-state index in [1.54, 1.807) is 0 Å². The van der Waals surface area contributed by atoms with Crippen LogP contribution >= 0.6 is 0 Å². The van der Waals surface area contributed by atoms with Gasteiger partial charge in [-0.05, 0) is 5.53 Å². The van der Waals surface area contributed by atoms with Gasteiger partial charge in [0.1, 0.15) is 6.10 Å². The van der Waals surface area contributed by atoms with Crippen molar-refractivity contribution in [3.8, 4) is 0 Å². The summed E-state index contributed by atoms with van der Waals surface area (Å²) < 4.78 is 15.3. The summed E-state index contributed by atoms with van der Waals surface area (Å²) in [5.41, 5.74) is 7.98. The molecule has 8 heteroatoms. The van der Waals surface area contributed by atoms with Crippen LogP contribution in [0.5, 0.6) is 0 Å². The number of aliphatic hydroxyl groups excluding tert-OH is 2. The number of hydrogen-bond acceptors (Lipinski definition) is 6. The molecule has 0 aliphatic carbocycles. The number of rotatable bonds is 12. The highest BCUT2D eigenvalue weighted by atomic mass is 16.5. The summed E-state index contributed by atoms with van der Waals surface area (Å²) >= 11 is 0. The molecule has 0 spiro atoms. The molecule has 0 saturated carbocycles. The number of hydrogen-bond donors (Lipinski definition) is 2. The van der Waals surface area contributed by atoms with Gasteiger partial charge in [-0.15, -0.1) is 0 Å². The summed E-state index contributed by atoms with van der Waals surface area (Å²) in [6.45, 7) is 2.11. The van der Waals surface area contributed by atoms with Crippen molar-refractivity contribution in [2.75, 3.05) is 52.8 Å². The van der Waals surface area contributed by atoms with Gasteiger partial charge in [0.05, 0.1) is 46.2 Å². The van der Waals surface area contributed by atoms with E-state index in [9.17, 15) is 0 Å². The van der Waals surface area contributed by atoms with Crippen LogP contribution in [0.2, 0.25) is 0 Å². The summed E-state index contributed by atoms with van der Waals surface area (Å²) in [5.74, 6) is 0. The Labute approximate surface area is 99.7 Å². The van der Waals surface area contributed by atoms with Crippen molar-refractivity contribution in [1.82, 2.24) is 0 Å². The van der Waals surface area contributed by atoms with Crippen LogP contribution in [0, 0.1) is 0 Å². The smallest absolute Gasteiger partial charge is 0.100 e. The van der Waals surface area contributed by atoms with E-state index in [1.807, 2.05) is 0 Å². The van der Waals surface area contributed by atoms with Crippen LogP contribution in [0.25, 0.3) is 10.4 Å². The first kappa shape index (κ1) is 16.1. The molecule has 0 amide bonds. The molecule has 0 aromatic carbocycles. The van der Waals surface area contributed by atoms with E-state index in [-0.39, 0.29) is 13.2 Å². The zero-order chi connectivity index (χ0) is 12.8. The van der Waals surface area contributed by atoms with Gasteiger partial charge in [-0.3, -0.25) is 0 Å². The second-order valence-electron chi connectivity index (χ2n) is 3.09. The van der Waals surface area contributed by atoms with Gasteiger partial charge < -0.3 is 24.4 Å². The molecule has 1 atom stereocenters.